The summed E-state index contributed by atoms with van der Waals surface area (Å²) < 4.78 is 35.9. The molecule has 0 spiro atoms. The molecule has 0 aromatic heterocycles. The Balaban J connectivity index is 1.73. The third-order valence-electron chi connectivity index (χ3n) is 3.83. The molecular formula is C17H21F3N4O3S. The zero-order valence-corrected chi connectivity index (χ0v) is 15.8. The molecule has 0 saturated carbocycles. The van der Waals surface area contributed by atoms with Gasteiger partial charge >= 0.3 is 12.2 Å². The molecular weight excluding hydrogens is 397 g/mol. The summed E-state index contributed by atoms with van der Waals surface area (Å²) in [6.07, 6.45) is -4.23. The Morgan fingerprint density at radius 2 is 1.68 bits per heavy atom. The average molecular weight is 418 g/mol. The quantitative estimate of drug-likeness (QED) is 0.655. The molecule has 2 rings (SSSR count). The second-order valence-corrected chi connectivity index (χ2v) is 7.29. The van der Waals surface area contributed by atoms with Gasteiger partial charge in [-0.1, -0.05) is 12.1 Å². The first-order valence-corrected chi connectivity index (χ1v) is 9.71. The maximum Gasteiger partial charge on any atom is 0.405 e. The number of halogens is 3. The monoisotopic (exact) mass is 418 g/mol. The van der Waals surface area contributed by atoms with Crippen molar-refractivity contribution >= 4 is 35.3 Å². The Bertz CT molecular complexity index is 692. The predicted octanol–water partition coefficient (Wildman–Crippen LogP) is 1.60. The molecule has 1 aromatic rings. The van der Waals surface area contributed by atoms with Crippen LogP contribution >= 0.6 is 11.8 Å². The number of hydrogen-bond donors (Lipinski definition) is 3. The highest BCUT2D eigenvalue weighted by molar-refractivity contribution is 7.99. The molecule has 0 bridgehead atoms. The number of benzene rings is 1. The van der Waals surface area contributed by atoms with E-state index in [0.717, 1.165) is 30.2 Å². The maximum atomic E-state index is 12.2. The number of nitrogens with zero attached hydrogens (tertiary/aromatic N) is 1. The summed E-state index contributed by atoms with van der Waals surface area (Å²) in [7, 11) is 0. The summed E-state index contributed by atoms with van der Waals surface area (Å²) >= 11 is 1.82. The van der Waals surface area contributed by atoms with Gasteiger partial charge in [0.15, 0.2) is 0 Å². The summed E-state index contributed by atoms with van der Waals surface area (Å²) in [5.74, 6) is 0.997. The molecule has 1 aliphatic heterocycles. The second-order valence-electron chi connectivity index (χ2n) is 6.07. The zero-order valence-electron chi connectivity index (χ0n) is 15.0. The largest absolute Gasteiger partial charge is 0.405 e. The van der Waals surface area contributed by atoms with Gasteiger partial charge in [0, 0.05) is 30.3 Å². The van der Waals surface area contributed by atoms with Crippen molar-refractivity contribution in [3.63, 3.8) is 0 Å². The summed E-state index contributed by atoms with van der Waals surface area (Å²) in [5, 5.41) is 6.28. The standard InChI is InChI=1S/C17H21F3N4O3S/c18-17(19,20)11-22-14(25)10-21-16(27)23-13-3-1-12(2-4-13)9-15(26)24-5-7-28-8-6-24/h1-4H,5-11H2,(H,22,25)(H2,21,23,27). The normalized spacial score (nSPS) is 14.3. The number of rotatable bonds is 6. The van der Waals surface area contributed by atoms with Gasteiger partial charge in [0.25, 0.3) is 0 Å². The summed E-state index contributed by atoms with van der Waals surface area (Å²) in [4.78, 5) is 37.0. The van der Waals surface area contributed by atoms with Gasteiger partial charge in [-0.3, -0.25) is 9.59 Å². The van der Waals surface area contributed by atoms with Crippen molar-refractivity contribution in [2.45, 2.75) is 12.6 Å². The zero-order chi connectivity index (χ0) is 20.6. The smallest absolute Gasteiger partial charge is 0.345 e. The van der Waals surface area contributed by atoms with Crippen LogP contribution in [-0.2, 0) is 16.0 Å². The second kappa shape index (κ2) is 10.2. The molecule has 28 heavy (non-hydrogen) atoms. The lowest BCUT2D eigenvalue weighted by molar-refractivity contribution is -0.137. The van der Waals surface area contributed by atoms with Crippen LogP contribution in [0.4, 0.5) is 23.7 Å². The van der Waals surface area contributed by atoms with E-state index in [2.05, 4.69) is 10.6 Å². The molecule has 0 unspecified atom stereocenters. The summed E-state index contributed by atoms with van der Waals surface area (Å²) in [6, 6.07) is 5.91. The number of hydrogen-bond acceptors (Lipinski definition) is 4. The van der Waals surface area contributed by atoms with Crippen LogP contribution in [0.15, 0.2) is 24.3 Å². The van der Waals surface area contributed by atoms with Gasteiger partial charge in [0.2, 0.25) is 11.8 Å². The van der Waals surface area contributed by atoms with E-state index in [0.29, 0.717) is 5.69 Å². The first-order chi connectivity index (χ1) is 13.2. The first kappa shape index (κ1) is 21.9. The van der Waals surface area contributed by atoms with Gasteiger partial charge in [-0.05, 0) is 17.7 Å². The van der Waals surface area contributed by atoms with Crippen molar-refractivity contribution in [2.75, 3.05) is 43.0 Å². The lowest BCUT2D eigenvalue weighted by Gasteiger charge is -2.26. The number of anilines is 1. The topological polar surface area (TPSA) is 90.5 Å². The minimum atomic E-state index is -4.51. The van der Waals surface area contributed by atoms with Crippen molar-refractivity contribution < 1.29 is 27.6 Å². The van der Waals surface area contributed by atoms with Crippen LogP contribution in [0.1, 0.15) is 5.56 Å². The highest BCUT2D eigenvalue weighted by Gasteiger charge is 2.27. The SMILES string of the molecule is O=C(CNC(=O)Nc1ccc(CC(=O)N2CCSCC2)cc1)NCC(F)(F)F. The molecule has 4 amide bonds. The summed E-state index contributed by atoms with van der Waals surface area (Å²) in [5.41, 5.74) is 1.24. The number of carbonyl (C=O) groups is 3. The number of carbonyl (C=O) groups excluding carboxylic acids is 3. The lowest BCUT2D eigenvalue weighted by Crippen LogP contribution is -2.42. The predicted molar refractivity (Wildman–Crippen MR) is 100 cm³/mol. The van der Waals surface area contributed by atoms with Crippen molar-refractivity contribution in [3.8, 4) is 0 Å². The molecule has 1 aromatic carbocycles. The number of alkyl halides is 3. The Morgan fingerprint density at radius 3 is 2.29 bits per heavy atom. The van der Waals surface area contributed by atoms with Crippen molar-refractivity contribution in [3.05, 3.63) is 29.8 Å². The third kappa shape index (κ3) is 8.07. The van der Waals surface area contributed by atoms with E-state index in [-0.39, 0.29) is 12.3 Å². The Labute approximate surface area is 164 Å². The van der Waals surface area contributed by atoms with Crippen LogP contribution < -0.4 is 16.0 Å². The van der Waals surface area contributed by atoms with Gasteiger partial charge in [-0.2, -0.15) is 24.9 Å². The molecule has 0 atom stereocenters. The van der Waals surface area contributed by atoms with Gasteiger partial charge < -0.3 is 20.9 Å². The number of nitrogens with one attached hydrogen (secondary N) is 3. The average Bonchev–Trinajstić information content (AvgIpc) is 2.66. The van der Waals surface area contributed by atoms with Gasteiger partial charge in [-0.25, -0.2) is 4.79 Å². The minimum Gasteiger partial charge on any atom is -0.345 e. The first-order valence-electron chi connectivity index (χ1n) is 8.56. The van der Waals surface area contributed by atoms with E-state index in [1.165, 1.54) is 0 Å². The van der Waals surface area contributed by atoms with E-state index in [1.54, 1.807) is 29.6 Å². The Morgan fingerprint density at radius 1 is 1.04 bits per heavy atom. The van der Waals surface area contributed by atoms with Crippen LogP contribution in [0.2, 0.25) is 0 Å². The molecule has 1 fully saturated rings. The van der Waals surface area contributed by atoms with Crippen molar-refractivity contribution in [2.24, 2.45) is 0 Å². The van der Waals surface area contributed by atoms with E-state index in [4.69, 9.17) is 0 Å². The molecule has 11 heteroatoms. The van der Waals surface area contributed by atoms with Crippen molar-refractivity contribution in [1.29, 1.82) is 0 Å². The minimum absolute atomic E-state index is 0.0589. The number of thioether (sulfide) groups is 1. The fourth-order valence-electron chi connectivity index (χ4n) is 2.40. The van der Waals surface area contributed by atoms with E-state index in [1.807, 2.05) is 16.7 Å². The van der Waals surface area contributed by atoms with Gasteiger partial charge in [-0.15, -0.1) is 0 Å². The third-order valence-corrected chi connectivity index (χ3v) is 4.77. The maximum absolute atomic E-state index is 12.2. The van der Waals surface area contributed by atoms with Crippen LogP contribution in [-0.4, -0.2) is 66.6 Å². The van der Waals surface area contributed by atoms with Gasteiger partial charge in [0.1, 0.15) is 6.54 Å². The van der Waals surface area contributed by atoms with E-state index in [9.17, 15) is 27.6 Å². The molecule has 3 N–H and O–H groups in total. The molecule has 0 radical (unpaired) electrons. The van der Waals surface area contributed by atoms with E-state index < -0.39 is 31.2 Å². The highest BCUT2D eigenvalue weighted by Crippen LogP contribution is 2.14. The van der Waals surface area contributed by atoms with Crippen LogP contribution in [0, 0.1) is 0 Å². The number of amides is 4. The Kier molecular flexibility index (Phi) is 7.97. The fourth-order valence-corrected chi connectivity index (χ4v) is 3.31. The lowest BCUT2D eigenvalue weighted by atomic mass is 10.1. The fraction of sp³-hybridized carbons (Fsp3) is 0.471. The molecule has 154 valence electrons. The van der Waals surface area contributed by atoms with E-state index >= 15 is 0 Å². The summed E-state index contributed by atoms with van der Waals surface area (Å²) in [6.45, 7) is -0.534. The molecule has 1 aliphatic rings. The van der Waals surface area contributed by atoms with Crippen molar-refractivity contribution in [1.82, 2.24) is 15.5 Å². The van der Waals surface area contributed by atoms with Crippen LogP contribution in [0.5, 0.6) is 0 Å². The highest BCUT2D eigenvalue weighted by atomic mass is 32.2. The molecule has 1 heterocycles. The Hall–Kier alpha value is -2.43. The number of urea groups is 1. The molecule has 7 nitrogen and oxygen atoms in total. The molecule has 1 saturated heterocycles. The molecule has 0 aliphatic carbocycles. The van der Waals surface area contributed by atoms with Gasteiger partial charge in [0.05, 0.1) is 13.0 Å². The van der Waals surface area contributed by atoms with Crippen LogP contribution in [0.3, 0.4) is 0 Å². The van der Waals surface area contributed by atoms with Crippen LogP contribution in [0.25, 0.3) is 0 Å².